The SMILES string of the molecule is CCCC(C)(C)C(C)(CCC[B][I-]C)C(C)(CC)CCC. The molecule has 0 aliphatic carbocycles. The standard InChI is InChI=1S/C19H40BI/c1-9-13-17(4,5)19(7,15-12-16-20-21-8)18(6,11-3)14-10-2/h9-16H2,1-8H3/q-1. The molecule has 0 rings (SSSR count). The van der Waals surface area contributed by atoms with Crippen molar-refractivity contribution in [2.24, 2.45) is 16.2 Å². The van der Waals surface area contributed by atoms with Gasteiger partial charge in [-0.25, -0.2) is 0 Å². The molecule has 2 atom stereocenters. The van der Waals surface area contributed by atoms with Gasteiger partial charge in [0.25, 0.3) is 0 Å². The summed E-state index contributed by atoms with van der Waals surface area (Å²) in [5.41, 5.74) is 1.35. The van der Waals surface area contributed by atoms with Crippen LogP contribution in [0.15, 0.2) is 0 Å². The summed E-state index contributed by atoms with van der Waals surface area (Å²) < 4.78 is 0. The van der Waals surface area contributed by atoms with Crippen LogP contribution >= 0.6 is 0 Å². The Balaban J connectivity index is 5.32. The van der Waals surface area contributed by atoms with Crippen molar-refractivity contribution >= 4 is 5.14 Å². The normalized spacial score (nSPS) is 18.3. The molecule has 0 aromatic carbocycles. The summed E-state index contributed by atoms with van der Waals surface area (Å²) in [7, 11) is 0. The zero-order valence-electron chi connectivity index (χ0n) is 16.1. The first-order chi connectivity index (χ1) is 9.74. The van der Waals surface area contributed by atoms with Gasteiger partial charge in [0.2, 0.25) is 0 Å². The molecule has 0 aliphatic heterocycles. The van der Waals surface area contributed by atoms with Crippen LogP contribution in [0.1, 0.15) is 93.4 Å². The quantitative estimate of drug-likeness (QED) is 0.201. The number of rotatable bonds is 12. The van der Waals surface area contributed by atoms with Crippen LogP contribution in [-0.4, -0.2) is 10.1 Å². The first-order valence-corrected chi connectivity index (χ1v) is 12.4. The predicted octanol–water partition coefficient (Wildman–Crippen LogP) is 3.57. The van der Waals surface area contributed by atoms with Crippen molar-refractivity contribution in [1.29, 1.82) is 0 Å². The van der Waals surface area contributed by atoms with E-state index in [1.807, 2.05) is 0 Å². The summed E-state index contributed by atoms with van der Waals surface area (Å²) in [5, 5.41) is 2.56. The predicted molar refractivity (Wildman–Crippen MR) is 95.8 cm³/mol. The van der Waals surface area contributed by atoms with Gasteiger partial charge in [0.05, 0.1) is 0 Å². The van der Waals surface area contributed by atoms with Gasteiger partial charge in [-0.15, -0.1) is 0 Å². The van der Waals surface area contributed by atoms with E-state index >= 15 is 0 Å². The summed E-state index contributed by atoms with van der Waals surface area (Å²) in [6, 6.07) is 0. The van der Waals surface area contributed by atoms with Crippen molar-refractivity contribution < 1.29 is 21.0 Å². The second kappa shape index (κ2) is 9.83. The minimum absolute atomic E-state index is 0.358. The van der Waals surface area contributed by atoms with E-state index < -0.39 is 0 Å². The number of alkyl halides is 1. The van der Waals surface area contributed by atoms with E-state index in [0.29, 0.717) is 37.2 Å². The number of hydrogen-bond donors (Lipinski definition) is 0. The van der Waals surface area contributed by atoms with Crippen molar-refractivity contribution in [1.82, 2.24) is 0 Å². The number of hydrogen-bond acceptors (Lipinski definition) is 0. The Morgan fingerprint density at radius 1 is 0.857 bits per heavy atom. The molecule has 2 unspecified atom stereocenters. The summed E-state index contributed by atoms with van der Waals surface area (Å²) in [5.74, 6) is 0. The van der Waals surface area contributed by atoms with Gasteiger partial charge < -0.3 is 0 Å². The Hall–Kier alpha value is 0.795. The fourth-order valence-corrected chi connectivity index (χ4v) is 5.46. The van der Waals surface area contributed by atoms with E-state index in [4.69, 9.17) is 0 Å². The van der Waals surface area contributed by atoms with E-state index in [-0.39, 0.29) is 0 Å². The Bertz CT molecular complexity index is 277. The molecule has 0 bridgehead atoms. The third-order valence-electron chi connectivity index (χ3n) is 6.43. The van der Waals surface area contributed by atoms with Crippen molar-refractivity contribution in [2.45, 2.75) is 99.7 Å². The van der Waals surface area contributed by atoms with E-state index in [2.05, 4.69) is 58.5 Å². The van der Waals surface area contributed by atoms with Crippen LogP contribution in [0.4, 0.5) is 0 Å². The van der Waals surface area contributed by atoms with Gasteiger partial charge in [0.15, 0.2) is 0 Å². The van der Waals surface area contributed by atoms with Gasteiger partial charge in [-0.3, -0.25) is 0 Å². The molecule has 127 valence electrons. The van der Waals surface area contributed by atoms with Gasteiger partial charge in [-0.1, -0.05) is 0 Å². The summed E-state index contributed by atoms with van der Waals surface area (Å²) in [6.45, 7) is 17.4. The zero-order valence-corrected chi connectivity index (χ0v) is 18.3. The van der Waals surface area contributed by atoms with Crippen LogP contribution in [0, 0.1) is 16.2 Å². The van der Waals surface area contributed by atoms with Gasteiger partial charge >= 0.3 is 147 Å². The van der Waals surface area contributed by atoms with Crippen LogP contribution in [0.3, 0.4) is 0 Å². The second-order valence-electron chi connectivity index (χ2n) is 7.89. The van der Waals surface area contributed by atoms with Crippen molar-refractivity contribution in [3.63, 3.8) is 0 Å². The van der Waals surface area contributed by atoms with Crippen LogP contribution in [-0.2, 0) is 0 Å². The molecule has 0 amide bonds. The fraction of sp³-hybridized carbons (Fsp3) is 1.00. The van der Waals surface area contributed by atoms with Crippen molar-refractivity contribution in [2.75, 3.05) is 4.93 Å². The summed E-state index contributed by atoms with van der Waals surface area (Å²) in [4.78, 5) is 2.37. The molecule has 0 spiro atoms. The van der Waals surface area contributed by atoms with Crippen molar-refractivity contribution in [3.8, 4) is 0 Å². The van der Waals surface area contributed by atoms with Crippen molar-refractivity contribution in [3.05, 3.63) is 0 Å². The Labute approximate surface area is 146 Å². The summed E-state index contributed by atoms with van der Waals surface area (Å²) >= 11 is 0.358. The van der Waals surface area contributed by atoms with Crippen LogP contribution < -0.4 is 21.0 Å². The molecule has 2 heteroatoms. The first-order valence-electron chi connectivity index (χ1n) is 9.04. The molecule has 1 radical (unpaired) electrons. The molecule has 21 heavy (non-hydrogen) atoms. The monoisotopic (exact) mass is 406 g/mol. The van der Waals surface area contributed by atoms with Crippen LogP contribution in [0.25, 0.3) is 0 Å². The van der Waals surface area contributed by atoms with E-state index in [9.17, 15) is 0 Å². The molecular formula is C19H40BI-. The molecule has 0 heterocycles. The molecule has 0 fully saturated rings. The second-order valence-corrected chi connectivity index (χ2v) is 10.0. The van der Waals surface area contributed by atoms with Crippen LogP contribution in [0.2, 0.25) is 6.32 Å². The molecular weight excluding hydrogens is 366 g/mol. The Morgan fingerprint density at radius 3 is 1.86 bits per heavy atom. The maximum absolute atomic E-state index is 2.61. The fourth-order valence-electron chi connectivity index (χ4n) is 4.39. The van der Waals surface area contributed by atoms with E-state index in [1.54, 1.807) is 0 Å². The van der Waals surface area contributed by atoms with E-state index in [1.165, 1.54) is 51.3 Å². The Morgan fingerprint density at radius 2 is 1.43 bits per heavy atom. The molecule has 0 aliphatic rings. The maximum atomic E-state index is 2.61. The average Bonchev–Trinajstić information content (AvgIpc) is 2.43. The average molecular weight is 406 g/mol. The number of halogens is 1. The third-order valence-corrected chi connectivity index (χ3v) is 7.93. The Kier molecular flexibility index (Phi) is 10.2. The summed E-state index contributed by atoms with van der Waals surface area (Å²) in [6.07, 6.45) is 10.8. The van der Waals surface area contributed by atoms with Gasteiger partial charge in [0.1, 0.15) is 0 Å². The molecule has 0 nitrogen and oxygen atoms in total. The third kappa shape index (κ3) is 5.43. The molecule has 0 saturated carbocycles. The van der Waals surface area contributed by atoms with Gasteiger partial charge in [-0.2, -0.15) is 0 Å². The molecule has 0 aromatic heterocycles. The molecule has 0 aromatic rings. The molecule has 0 saturated heterocycles. The van der Waals surface area contributed by atoms with Crippen LogP contribution in [0.5, 0.6) is 0 Å². The van der Waals surface area contributed by atoms with E-state index in [0.717, 1.165) is 0 Å². The minimum atomic E-state index is 0.358. The topological polar surface area (TPSA) is 0 Å². The zero-order chi connectivity index (χ0) is 16.6. The molecule has 0 N–H and O–H groups in total. The van der Waals surface area contributed by atoms with Gasteiger partial charge in [-0.05, 0) is 0 Å². The first kappa shape index (κ1) is 21.8. The van der Waals surface area contributed by atoms with Gasteiger partial charge in [0, 0.05) is 0 Å².